The van der Waals surface area contributed by atoms with Crippen LogP contribution >= 0.6 is 11.6 Å². The van der Waals surface area contributed by atoms with Gasteiger partial charge in [-0.3, -0.25) is 14.5 Å². The molecule has 1 aliphatic heterocycles. The Morgan fingerprint density at radius 3 is 2.66 bits per heavy atom. The summed E-state index contributed by atoms with van der Waals surface area (Å²) in [5.41, 5.74) is 1.40. The van der Waals surface area contributed by atoms with E-state index in [1.807, 2.05) is 29.9 Å². The molecule has 1 aliphatic rings. The van der Waals surface area contributed by atoms with Crippen LogP contribution in [0.1, 0.15) is 11.7 Å². The lowest BCUT2D eigenvalue weighted by molar-refractivity contribution is -0.136. The second kappa shape index (κ2) is 9.78. The number of morpholine rings is 1. The number of ether oxygens (including phenoxy) is 2. The molecule has 2 aromatic rings. The number of carbonyl (C=O) groups excluding carboxylic acids is 2. The molecule has 1 fully saturated rings. The SMILES string of the molecule is COc1ccc(Cl)cc1NC(=O)C(=O)NC[C@@H](c1cccn1C)N1CCOCC1. The number of anilines is 1. The summed E-state index contributed by atoms with van der Waals surface area (Å²) in [6.45, 7) is 3.11. The first-order valence-corrected chi connectivity index (χ1v) is 9.73. The third-order valence-corrected chi connectivity index (χ3v) is 5.12. The molecule has 0 aliphatic carbocycles. The molecule has 8 nitrogen and oxygen atoms in total. The zero-order chi connectivity index (χ0) is 20.8. The second-order valence-electron chi connectivity index (χ2n) is 6.72. The summed E-state index contributed by atoms with van der Waals surface area (Å²) >= 11 is 5.97. The molecule has 1 atom stereocenters. The van der Waals surface area contributed by atoms with E-state index in [4.69, 9.17) is 21.1 Å². The summed E-state index contributed by atoms with van der Waals surface area (Å²) in [5.74, 6) is -1.08. The van der Waals surface area contributed by atoms with Crippen LogP contribution in [0.3, 0.4) is 0 Å². The van der Waals surface area contributed by atoms with E-state index in [-0.39, 0.29) is 6.04 Å². The fourth-order valence-corrected chi connectivity index (χ4v) is 3.53. The van der Waals surface area contributed by atoms with Crippen LogP contribution in [0.25, 0.3) is 0 Å². The number of rotatable bonds is 6. The Morgan fingerprint density at radius 1 is 1.24 bits per heavy atom. The van der Waals surface area contributed by atoms with Crippen LogP contribution in [0.4, 0.5) is 5.69 Å². The molecule has 2 N–H and O–H groups in total. The molecule has 156 valence electrons. The zero-order valence-electron chi connectivity index (χ0n) is 16.5. The summed E-state index contributed by atoms with van der Waals surface area (Å²) < 4.78 is 12.6. The molecule has 29 heavy (non-hydrogen) atoms. The van der Waals surface area contributed by atoms with Crippen molar-refractivity contribution in [2.45, 2.75) is 6.04 Å². The maximum atomic E-state index is 12.4. The molecule has 3 rings (SSSR count). The van der Waals surface area contributed by atoms with Gasteiger partial charge in [0.15, 0.2) is 0 Å². The second-order valence-corrected chi connectivity index (χ2v) is 7.15. The Hall–Kier alpha value is -2.55. The summed E-state index contributed by atoms with van der Waals surface area (Å²) in [6.07, 6.45) is 1.96. The fourth-order valence-electron chi connectivity index (χ4n) is 3.36. The number of hydrogen-bond acceptors (Lipinski definition) is 5. The van der Waals surface area contributed by atoms with E-state index in [0.717, 1.165) is 18.8 Å². The van der Waals surface area contributed by atoms with Gasteiger partial charge in [0.05, 0.1) is 32.1 Å². The standard InChI is InChI=1S/C20H25ClN4O4/c1-24-7-3-4-16(24)17(25-8-10-29-11-9-25)13-22-19(26)20(27)23-15-12-14(21)5-6-18(15)28-2/h3-7,12,17H,8-11,13H2,1-2H3,(H,22,26)(H,23,27)/t17-/m0/s1. The molecule has 1 saturated heterocycles. The highest BCUT2D eigenvalue weighted by atomic mass is 35.5. The van der Waals surface area contributed by atoms with Crippen molar-refractivity contribution in [3.8, 4) is 5.75 Å². The van der Waals surface area contributed by atoms with Gasteiger partial charge in [-0.1, -0.05) is 11.6 Å². The van der Waals surface area contributed by atoms with E-state index in [2.05, 4.69) is 15.5 Å². The number of nitrogens with zero attached hydrogens (tertiary/aromatic N) is 2. The van der Waals surface area contributed by atoms with Gasteiger partial charge < -0.3 is 24.7 Å². The van der Waals surface area contributed by atoms with Gasteiger partial charge in [-0.15, -0.1) is 0 Å². The maximum absolute atomic E-state index is 12.4. The molecule has 1 aromatic heterocycles. The minimum atomic E-state index is -0.779. The zero-order valence-corrected chi connectivity index (χ0v) is 17.2. The Bertz CT molecular complexity index is 864. The van der Waals surface area contributed by atoms with Crippen molar-refractivity contribution in [3.63, 3.8) is 0 Å². The van der Waals surface area contributed by atoms with Crippen LogP contribution in [-0.4, -0.2) is 61.2 Å². The quantitative estimate of drug-likeness (QED) is 0.696. The predicted octanol–water partition coefficient (Wildman–Crippen LogP) is 1.82. The fraction of sp³-hybridized carbons (Fsp3) is 0.400. The number of benzene rings is 1. The number of nitrogens with one attached hydrogen (secondary N) is 2. The normalized spacial score (nSPS) is 15.6. The van der Waals surface area contributed by atoms with E-state index in [1.165, 1.54) is 13.2 Å². The number of carbonyl (C=O) groups is 2. The molecule has 0 saturated carbocycles. The van der Waals surface area contributed by atoms with Crippen molar-refractivity contribution < 1.29 is 19.1 Å². The predicted molar refractivity (Wildman–Crippen MR) is 110 cm³/mol. The molecule has 2 heterocycles. The van der Waals surface area contributed by atoms with Gasteiger partial charge in [-0.2, -0.15) is 0 Å². The van der Waals surface area contributed by atoms with E-state index in [1.54, 1.807) is 12.1 Å². The van der Waals surface area contributed by atoms with Crippen LogP contribution in [-0.2, 0) is 21.4 Å². The summed E-state index contributed by atoms with van der Waals surface area (Å²) in [5, 5.41) is 5.73. The largest absolute Gasteiger partial charge is 0.495 e. The summed E-state index contributed by atoms with van der Waals surface area (Å²) in [6, 6.07) is 8.72. The molecule has 0 bridgehead atoms. The molecule has 9 heteroatoms. The van der Waals surface area contributed by atoms with Crippen LogP contribution < -0.4 is 15.4 Å². The molecular formula is C20H25ClN4O4. The Morgan fingerprint density at radius 2 is 2.00 bits per heavy atom. The first kappa shape index (κ1) is 21.2. The first-order valence-electron chi connectivity index (χ1n) is 9.35. The van der Waals surface area contributed by atoms with Gasteiger partial charge >= 0.3 is 11.8 Å². The van der Waals surface area contributed by atoms with Crippen LogP contribution in [0.2, 0.25) is 5.02 Å². The molecule has 0 spiro atoms. The molecular weight excluding hydrogens is 396 g/mol. The maximum Gasteiger partial charge on any atom is 0.313 e. The highest BCUT2D eigenvalue weighted by molar-refractivity contribution is 6.40. The highest BCUT2D eigenvalue weighted by Gasteiger charge is 2.26. The highest BCUT2D eigenvalue weighted by Crippen LogP contribution is 2.27. The Balaban J connectivity index is 1.66. The third-order valence-electron chi connectivity index (χ3n) is 4.88. The summed E-state index contributed by atoms with van der Waals surface area (Å²) in [7, 11) is 3.44. The lowest BCUT2D eigenvalue weighted by atomic mass is 10.1. The summed E-state index contributed by atoms with van der Waals surface area (Å²) in [4.78, 5) is 27.0. The van der Waals surface area contributed by atoms with Gasteiger partial charge in [-0.05, 0) is 30.3 Å². The number of amides is 2. The average molecular weight is 421 g/mol. The Kier molecular flexibility index (Phi) is 7.13. The van der Waals surface area contributed by atoms with Crippen molar-refractivity contribution in [3.05, 3.63) is 47.2 Å². The van der Waals surface area contributed by atoms with Gasteiger partial charge in [0.2, 0.25) is 0 Å². The number of methoxy groups -OCH3 is 1. The van der Waals surface area contributed by atoms with Crippen molar-refractivity contribution in [2.24, 2.45) is 7.05 Å². The minimum absolute atomic E-state index is 0.0589. The van der Waals surface area contributed by atoms with E-state index in [0.29, 0.717) is 36.2 Å². The Labute approximate surface area is 174 Å². The van der Waals surface area contributed by atoms with Gasteiger partial charge in [0.25, 0.3) is 0 Å². The molecule has 0 unspecified atom stereocenters. The number of hydrogen-bond donors (Lipinski definition) is 2. The average Bonchev–Trinajstić information content (AvgIpc) is 3.14. The molecule has 1 aromatic carbocycles. The van der Waals surface area contributed by atoms with Gasteiger partial charge in [-0.25, -0.2) is 0 Å². The minimum Gasteiger partial charge on any atom is -0.495 e. The lowest BCUT2D eigenvalue weighted by Gasteiger charge is -2.34. The molecule has 2 amide bonds. The van der Waals surface area contributed by atoms with Crippen molar-refractivity contribution in [2.75, 3.05) is 45.3 Å². The van der Waals surface area contributed by atoms with Crippen molar-refractivity contribution >= 4 is 29.1 Å². The van der Waals surface area contributed by atoms with Gasteiger partial charge in [0, 0.05) is 43.6 Å². The smallest absolute Gasteiger partial charge is 0.313 e. The monoisotopic (exact) mass is 420 g/mol. The van der Waals surface area contributed by atoms with E-state index in [9.17, 15) is 9.59 Å². The van der Waals surface area contributed by atoms with Crippen LogP contribution in [0.5, 0.6) is 5.75 Å². The number of aromatic nitrogens is 1. The van der Waals surface area contributed by atoms with Crippen molar-refractivity contribution in [1.29, 1.82) is 0 Å². The first-order chi connectivity index (χ1) is 14.0. The van der Waals surface area contributed by atoms with Crippen molar-refractivity contribution in [1.82, 2.24) is 14.8 Å². The third kappa shape index (κ3) is 5.29. The van der Waals surface area contributed by atoms with Gasteiger partial charge in [0.1, 0.15) is 5.75 Å². The number of aryl methyl sites for hydroxylation is 1. The molecule has 0 radical (unpaired) electrons. The van der Waals surface area contributed by atoms with Crippen LogP contribution in [0.15, 0.2) is 36.5 Å². The van der Waals surface area contributed by atoms with Crippen LogP contribution in [0, 0.1) is 0 Å². The number of halogens is 1. The lowest BCUT2D eigenvalue weighted by Crippen LogP contribution is -2.46. The topological polar surface area (TPSA) is 84.8 Å². The van der Waals surface area contributed by atoms with E-state index >= 15 is 0 Å². The van der Waals surface area contributed by atoms with E-state index < -0.39 is 11.8 Å².